The number of carbonyl (C=O) groups is 3. The van der Waals surface area contributed by atoms with Crippen molar-refractivity contribution in [1.29, 1.82) is 0 Å². The molecule has 0 aliphatic heterocycles. The molecule has 20 heavy (non-hydrogen) atoms. The second-order valence-corrected chi connectivity index (χ2v) is 4.97. The van der Waals surface area contributed by atoms with Gasteiger partial charge in [0.25, 0.3) is 5.91 Å². The van der Waals surface area contributed by atoms with Crippen LogP contribution in [-0.2, 0) is 23.9 Å². The van der Waals surface area contributed by atoms with Crippen LogP contribution >= 0.6 is 0 Å². The summed E-state index contributed by atoms with van der Waals surface area (Å²) in [6, 6.07) is 0. The molecule has 0 aliphatic carbocycles. The zero-order chi connectivity index (χ0) is 16.4. The Hall–Kier alpha value is -1.80. The largest absolute Gasteiger partial charge is 0.465 e. The molecule has 0 heterocycles. The number of hydrogen-bond acceptors (Lipinski definition) is 5. The lowest BCUT2D eigenvalue weighted by atomic mass is 9.99. The Bertz CT molecular complexity index is 413. The Morgan fingerprint density at radius 1 is 1.05 bits per heavy atom. The first-order valence-electron chi connectivity index (χ1n) is 5.45. The van der Waals surface area contributed by atoms with Gasteiger partial charge in [-0.2, -0.15) is 13.2 Å². The minimum atomic E-state index is -5.47. The van der Waals surface area contributed by atoms with Gasteiger partial charge < -0.3 is 14.8 Å². The number of alkyl halides is 3. The van der Waals surface area contributed by atoms with Crippen LogP contribution in [0.2, 0.25) is 0 Å². The molecule has 1 amide bonds. The molecule has 116 valence electrons. The Morgan fingerprint density at radius 3 is 1.75 bits per heavy atom. The Labute approximate surface area is 113 Å². The first kappa shape index (κ1) is 18.2. The second-order valence-electron chi connectivity index (χ2n) is 4.97. The third-order valence-electron chi connectivity index (χ3n) is 1.98. The molecule has 1 unspecified atom stereocenters. The van der Waals surface area contributed by atoms with Gasteiger partial charge in [0.05, 0.1) is 7.11 Å². The summed E-state index contributed by atoms with van der Waals surface area (Å²) in [7, 11) is 0.649. The van der Waals surface area contributed by atoms with Gasteiger partial charge in [-0.3, -0.25) is 9.59 Å². The highest BCUT2D eigenvalue weighted by molar-refractivity contribution is 6.08. The fraction of sp³-hybridized carbons (Fsp3) is 0.727. The van der Waals surface area contributed by atoms with Crippen molar-refractivity contribution < 1.29 is 37.0 Å². The molecule has 0 aromatic rings. The number of rotatable bonds is 3. The van der Waals surface area contributed by atoms with Gasteiger partial charge in [-0.25, -0.2) is 4.79 Å². The molecule has 0 fully saturated rings. The molecular formula is C11H16F3NO5. The lowest BCUT2D eigenvalue weighted by Gasteiger charge is -2.33. The highest BCUT2D eigenvalue weighted by atomic mass is 19.4. The van der Waals surface area contributed by atoms with Crippen LogP contribution in [0.4, 0.5) is 13.2 Å². The van der Waals surface area contributed by atoms with E-state index in [2.05, 4.69) is 9.47 Å². The lowest BCUT2D eigenvalue weighted by Crippen LogP contribution is -2.66. The summed E-state index contributed by atoms with van der Waals surface area (Å²) in [6.45, 7) is 4.85. The van der Waals surface area contributed by atoms with Crippen LogP contribution in [0.25, 0.3) is 0 Å². The molecule has 0 radical (unpaired) electrons. The smallest absolute Gasteiger partial charge is 0.449 e. The summed E-state index contributed by atoms with van der Waals surface area (Å²) in [4.78, 5) is 34.2. The molecule has 9 heteroatoms. The van der Waals surface area contributed by atoms with Crippen molar-refractivity contribution in [3.63, 3.8) is 0 Å². The maximum Gasteiger partial charge on any atom is 0.449 e. The van der Waals surface area contributed by atoms with Crippen LogP contribution in [0.15, 0.2) is 0 Å². The van der Waals surface area contributed by atoms with Gasteiger partial charge in [-0.05, 0) is 20.8 Å². The van der Waals surface area contributed by atoms with E-state index in [1.807, 2.05) is 5.32 Å². The highest BCUT2D eigenvalue weighted by Gasteiger charge is 2.71. The summed E-state index contributed by atoms with van der Waals surface area (Å²) in [5.41, 5.74) is -5.11. The third-order valence-corrected chi connectivity index (χ3v) is 1.98. The molecule has 0 saturated carbocycles. The van der Waals surface area contributed by atoms with Gasteiger partial charge in [0.2, 0.25) is 0 Å². The normalized spacial score (nSPS) is 15.0. The molecule has 0 aromatic carbocycles. The van der Waals surface area contributed by atoms with Gasteiger partial charge in [0.15, 0.2) is 0 Å². The molecule has 0 aliphatic rings. The number of ether oxygens (including phenoxy) is 2. The van der Waals surface area contributed by atoms with Crippen molar-refractivity contribution in [3.05, 3.63) is 0 Å². The Balaban J connectivity index is 5.93. The highest BCUT2D eigenvalue weighted by Crippen LogP contribution is 2.36. The number of carbonyl (C=O) groups excluding carboxylic acids is 3. The molecule has 6 nitrogen and oxygen atoms in total. The van der Waals surface area contributed by atoms with Crippen LogP contribution in [0.3, 0.4) is 0 Å². The first-order valence-corrected chi connectivity index (χ1v) is 5.45. The van der Waals surface area contributed by atoms with Crippen molar-refractivity contribution in [2.75, 3.05) is 7.11 Å². The van der Waals surface area contributed by atoms with E-state index in [1.54, 1.807) is 0 Å². The first-order chi connectivity index (χ1) is 8.78. The fourth-order valence-electron chi connectivity index (χ4n) is 1.27. The molecule has 1 N–H and O–H groups in total. The van der Waals surface area contributed by atoms with Crippen molar-refractivity contribution in [3.8, 4) is 0 Å². The SMILES string of the molecule is COC(=O)C(OC(C)=O)(C(=O)NC(C)(C)C)C(F)(F)F. The van der Waals surface area contributed by atoms with Crippen molar-refractivity contribution in [2.24, 2.45) is 0 Å². The van der Waals surface area contributed by atoms with E-state index in [-0.39, 0.29) is 0 Å². The average Bonchev–Trinajstić information content (AvgIpc) is 2.19. The predicted molar refractivity (Wildman–Crippen MR) is 60.5 cm³/mol. The van der Waals surface area contributed by atoms with Crippen molar-refractivity contribution in [1.82, 2.24) is 5.32 Å². The third kappa shape index (κ3) is 3.84. The molecular weight excluding hydrogens is 283 g/mol. The van der Waals surface area contributed by atoms with Crippen LogP contribution in [0, 0.1) is 0 Å². The topological polar surface area (TPSA) is 81.7 Å². The lowest BCUT2D eigenvalue weighted by molar-refractivity contribution is -0.262. The van der Waals surface area contributed by atoms with Crippen LogP contribution in [0.1, 0.15) is 27.7 Å². The van der Waals surface area contributed by atoms with E-state index in [9.17, 15) is 27.6 Å². The van der Waals surface area contributed by atoms with E-state index in [1.165, 1.54) is 20.8 Å². The molecule has 0 bridgehead atoms. The van der Waals surface area contributed by atoms with Crippen LogP contribution < -0.4 is 5.32 Å². The number of halogens is 3. The van der Waals surface area contributed by atoms with Gasteiger partial charge in [-0.1, -0.05) is 0 Å². The summed E-state index contributed by atoms with van der Waals surface area (Å²) in [5.74, 6) is -5.29. The number of hydrogen-bond donors (Lipinski definition) is 1. The zero-order valence-corrected chi connectivity index (χ0v) is 11.7. The monoisotopic (exact) mass is 299 g/mol. The van der Waals surface area contributed by atoms with Crippen LogP contribution in [0.5, 0.6) is 0 Å². The molecule has 0 rings (SSSR count). The predicted octanol–water partition coefficient (Wildman–Crippen LogP) is 0.938. The van der Waals surface area contributed by atoms with Gasteiger partial charge in [0, 0.05) is 12.5 Å². The number of methoxy groups -OCH3 is 1. The molecule has 0 saturated heterocycles. The Morgan fingerprint density at radius 2 is 1.50 bits per heavy atom. The Kier molecular flexibility index (Phi) is 5.17. The summed E-state index contributed by atoms with van der Waals surface area (Å²) in [6.07, 6.45) is -5.47. The van der Waals surface area contributed by atoms with E-state index < -0.39 is 35.2 Å². The van der Waals surface area contributed by atoms with E-state index >= 15 is 0 Å². The number of esters is 2. The summed E-state index contributed by atoms with van der Waals surface area (Å²) < 4.78 is 47.5. The van der Waals surface area contributed by atoms with E-state index in [0.29, 0.717) is 14.0 Å². The second kappa shape index (κ2) is 5.68. The average molecular weight is 299 g/mol. The van der Waals surface area contributed by atoms with Gasteiger partial charge >= 0.3 is 23.7 Å². The fourth-order valence-corrected chi connectivity index (χ4v) is 1.27. The zero-order valence-electron chi connectivity index (χ0n) is 11.7. The molecule has 1 atom stereocenters. The van der Waals surface area contributed by atoms with Gasteiger partial charge in [-0.15, -0.1) is 0 Å². The maximum atomic E-state index is 13.2. The van der Waals surface area contributed by atoms with Gasteiger partial charge in [0.1, 0.15) is 0 Å². The molecule has 0 spiro atoms. The minimum Gasteiger partial charge on any atom is -0.465 e. The standard InChI is InChI=1S/C11H16F3NO5/c1-6(16)20-10(8(18)19-5,11(12,13)14)7(17)15-9(2,3)4/h1-5H3,(H,15,17). The van der Waals surface area contributed by atoms with E-state index in [4.69, 9.17) is 0 Å². The summed E-state index contributed by atoms with van der Waals surface area (Å²) in [5, 5.41) is 1.95. The number of amides is 1. The van der Waals surface area contributed by atoms with Crippen LogP contribution in [-0.4, -0.2) is 42.3 Å². The minimum absolute atomic E-state index is 0.647. The molecule has 0 aromatic heterocycles. The van der Waals surface area contributed by atoms with E-state index in [0.717, 1.165) is 0 Å². The van der Waals surface area contributed by atoms with Crippen molar-refractivity contribution >= 4 is 17.8 Å². The maximum absolute atomic E-state index is 13.2. The number of nitrogens with one attached hydrogen (secondary N) is 1. The van der Waals surface area contributed by atoms with Crippen molar-refractivity contribution in [2.45, 2.75) is 45.0 Å². The summed E-state index contributed by atoms with van der Waals surface area (Å²) >= 11 is 0. The quantitative estimate of drug-likeness (QED) is 0.619.